The summed E-state index contributed by atoms with van der Waals surface area (Å²) < 4.78 is 31.0. The molecule has 1 aliphatic carbocycles. The van der Waals surface area contributed by atoms with Crippen molar-refractivity contribution in [1.82, 2.24) is 4.98 Å². The quantitative estimate of drug-likeness (QED) is 0.856. The smallest absolute Gasteiger partial charge is 0.250 e. The van der Waals surface area contributed by atoms with E-state index in [1.54, 1.807) is 18.3 Å². The fraction of sp³-hybridized carbons (Fsp3) is 0.545. The molecule has 0 aliphatic heterocycles. The van der Waals surface area contributed by atoms with Crippen LogP contribution < -0.4 is 10.5 Å². The monoisotopic (exact) mass is 228 g/mol. The van der Waals surface area contributed by atoms with Crippen molar-refractivity contribution in [3.05, 3.63) is 24.0 Å². The van der Waals surface area contributed by atoms with Gasteiger partial charge in [-0.05, 0) is 6.07 Å². The zero-order valence-electron chi connectivity index (χ0n) is 9.04. The Hall–Kier alpha value is -1.23. The Labute approximate surface area is 92.6 Å². The van der Waals surface area contributed by atoms with E-state index in [0.29, 0.717) is 11.4 Å². The van der Waals surface area contributed by atoms with E-state index in [-0.39, 0.29) is 19.4 Å². The lowest BCUT2D eigenvalue weighted by atomic mass is 9.64. The molecule has 2 N–H and O–H groups in total. The van der Waals surface area contributed by atoms with Crippen molar-refractivity contribution in [2.24, 2.45) is 5.73 Å². The van der Waals surface area contributed by atoms with Gasteiger partial charge in [0, 0.05) is 37.1 Å². The summed E-state index contributed by atoms with van der Waals surface area (Å²) in [5.41, 5.74) is 5.51. The highest BCUT2D eigenvalue weighted by Gasteiger charge is 2.57. The number of hydrogen-bond donors (Lipinski definition) is 1. The molecule has 0 saturated heterocycles. The Kier molecular flexibility index (Phi) is 2.58. The van der Waals surface area contributed by atoms with Crippen LogP contribution in [0.25, 0.3) is 0 Å². The van der Waals surface area contributed by atoms with Gasteiger partial charge in [0.2, 0.25) is 5.92 Å². The van der Waals surface area contributed by atoms with Gasteiger partial charge >= 0.3 is 0 Å². The van der Waals surface area contributed by atoms with Crippen LogP contribution in [0.3, 0.4) is 0 Å². The Morgan fingerprint density at radius 3 is 2.69 bits per heavy atom. The van der Waals surface area contributed by atoms with Crippen LogP contribution in [0.4, 0.5) is 8.78 Å². The van der Waals surface area contributed by atoms with Crippen molar-refractivity contribution in [3.63, 3.8) is 0 Å². The van der Waals surface area contributed by atoms with E-state index in [1.807, 2.05) is 0 Å². The number of halogens is 2. The normalized spacial score (nSPS) is 21.2. The first-order valence-corrected chi connectivity index (χ1v) is 5.10. The summed E-state index contributed by atoms with van der Waals surface area (Å²) in [5, 5.41) is 0. The predicted octanol–water partition coefficient (Wildman–Crippen LogP) is 1.72. The maximum Gasteiger partial charge on any atom is 0.250 e. The molecule has 1 fully saturated rings. The van der Waals surface area contributed by atoms with Gasteiger partial charge in [-0.25, -0.2) is 8.78 Å². The standard InChI is InChI=1S/C11H14F2N2O/c1-16-8-2-3-15-9(4-8)10(7-14)5-11(12,13)6-10/h2-4H,5-7,14H2,1H3. The van der Waals surface area contributed by atoms with Crippen LogP contribution in [0.5, 0.6) is 5.75 Å². The molecule has 1 aromatic heterocycles. The molecule has 5 heteroatoms. The molecule has 88 valence electrons. The summed E-state index contributed by atoms with van der Waals surface area (Å²) in [7, 11) is 1.53. The fourth-order valence-electron chi connectivity index (χ4n) is 2.20. The van der Waals surface area contributed by atoms with E-state index in [4.69, 9.17) is 10.5 Å². The minimum atomic E-state index is -2.61. The third-order valence-corrected chi connectivity index (χ3v) is 3.10. The van der Waals surface area contributed by atoms with Gasteiger partial charge < -0.3 is 10.5 Å². The molecule has 0 radical (unpaired) electrons. The van der Waals surface area contributed by atoms with E-state index >= 15 is 0 Å². The van der Waals surface area contributed by atoms with Gasteiger partial charge in [-0.2, -0.15) is 0 Å². The highest BCUT2D eigenvalue weighted by atomic mass is 19.3. The number of nitrogens with zero attached hydrogens (tertiary/aromatic N) is 1. The van der Waals surface area contributed by atoms with Crippen LogP contribution >= 0.6 is 0 Å². The zero-order valence-corrected chi connectivity index (χ0v) is 9.04. The average Bonchev–Trinajstić information content (AvgIpc) is 2.25. The summed E-state index contributed by atoms with van der Waals surface area (Å²) in [5.74, 6) is -1.99. The van der Waals surface area contributed by atoms with Gasteiger partial charge in [0.1, 0.15) is 5.75 Å². The number of alkyl halides is 2. The third kappa shape index (κ3) is 1.75. The molecule has 1 saturated carbocycles. The van der Waals surface area contributed by atoms with Crippen molar-refractivity contribution in [2.45, 2.75) is 24.2 Å². The Bertz CT molecular complexity index is 387. The van der Waals surface area contributed by atoms with Crippen LogP contribution in [0.15, 0.2) is 18.3 Å². The van der Waals surface area contributed by atoms with Crippen LogP contribution in [-0.4, -0.2) is 24.6 Å². The van der Waals surface area contributed by atoms with E-state index in [9.17, 15) is 8.78 Å². The molecule has 16 heavy (non-hydrogen) atoms. The van der Waals surface area contributed by atoms with Gasteiger partial charge in [-0.15, -0.1) is 0 Å². The first-order valence-electron chi connectivity index (χ1n) is 5.10. The van der Waals surface area contributed by atoms with E-state index in [2.05, 4.69) is 4.98 Å². The molecule has 3 nitrogen and oxygen atoms in total. The molecule has 2 rings (SSSR count). The van der Waals surface area contributed by atoms with E-state index < -0.39 is 11.3 Å². The number of ether oxygens (including phenoxy) is 1. The van der Waals surface area contributed by atoms with Crippen LogP contribution in [0, 0.1) is 0 Å². The van der Waals surface area contributed by atoms with Crippen molar-refractivity contribution in [1.29, 1.82) is 0 Å². The highest BCUT2D eigenvalue weighted by Crippen LogP contribution is 2.52. The number of aromatic nitrogens is 1. The van der Waals surface area contributed by atoms with Crippen LogP contribution in [-0.2, 0) is 5.41 Å². The number of hydrogen-bond acceptors (Lipinski definition) is 3. The van der Waals surface area contributed by atoms with Gasteiger partial charge in [0.05, 0.1) is 12.8 Å². The minimum absolute atomic E-state index is 0.183. The molecular weight excluding hydrogens is 214 g/mol. The molecule has 1 heterocycles. The van der Waals surface area contributed by atoms with Crippen LogP contribution in [0.2, 0.25) is 0 Å². The van der Waals surface area contributed by atoms with Crippen LogP contribution in [0.1, 0.15) is 18.5 Å². The SMILES string of the molecule is COc1ccnc(C2(CN)CC(F)(F)C2)c1. The average molecular weight is 228 g/mol. The lowest BCUT2D eigenvalue weighted by Gasteiger charge is -2.46. The number of methoxy groups -OCH3 is 1. The van der Waals surface area contributed by atoms with Gasteiger partial charge in [0.25, 0.3) is 0 Å². The van der Waals surface area contributed by atoms with Crippen molar-refractivity contribution < 1.29 is 13.5 Å². The summed E-state index contributed by atoms with van der Waals surface area (Å²) in [6.07, 6.45) is 1.11. The number of rotatable bonds is 3. The second kappa shape index (κ2) is 3.66. The van der Waals surface area contributed by atoms with Gasteiger partial charge in [-0.3, -0.25) is 4.98 Å². The lowest BCUT2D eigenvalue weighted by molar-refractivity contribution is -0.125. The molecule has 0 atom stereocenters. The predicted molar refractivity (Wildman–Crippen MR) is 55.7 cm³/mol. The van der Waals surface area contributed by atoms with Crippen molar-refractivity contribution >= 4 is 0 Å². The maximum atomic E-state index is 13.0. The molecular formula is C11H14F2N2O. The van der Waals surface area contributed by atoms with Gasteiger partial charge in [0.15, 0.2) is 0 Å². The first-order chi connectivity index (χ1) is 7.51. The topological polar surface area (TPSA) is 48.1 Å². The Balaban J connectivity index is 2.28. The molecule has 1 aromatic rings. The van der Waals surface area contributed by atoms with Crippen molar-refractivity contribution in [3.8, 4) is 5.75 Å². The largest absolute Gasteiger partial charge is 0.497 e. The molecule has 0 unspecified atom stereocenters. The van der Waals surface area contributed by atoms with Crippen molar-refractivity contribution in [2.75, 3.05) is 13.7 Å². The highest BCUT2D eigenvalue weighted by molar-refractivity contribution is 5.31. The third-order valence-electron chi connectivity index (χ3n) is 3.10. The summed E-state index contributed by atoms with van der Waals surface area (Å²) >= 11 is 0. The number of pyridine rings is 1. The van der Waals surface area contributed by atoms with E-state index in [1.165, 1.54) is 7.11 Å². The second-order valence-electron chi connectivity index (χ2n) is 4.27. The molecule has 0 aromatic carbocycles. The zero-order chi connectivity index (χ0) is 11.8. The van der Waals surface area contributed by atoms with E-state index in [0.717, 1.165) is 0 Å². The maximum absolute atomic E-state index is 13.0. The summed E-state index contributed by atoms with van der Waals surface area (Å²) in [6, 6.07) is 3.37. The first kappa shape index (κ1) is 11.3. The molecule has 0 bridgehead atoms. The molecule has 0 amide bonds. The summed E-state index contributed by atoms with van der Waals surface area (Å²) in [6.45, 7) is 0.183. The Morgan fingerprint density at radius 1 is 1.50 bits per heavy atom. The second-order valence-corrected chi connectivity index (χ2v) is 4.27. The molecule has 1 aliphatic rings. The Morgan fingerprint density at radius 2 is 2.19 bits per heavy atom. The molecule has 0 spiro atoms. The summed E-state index contributed by atoms with van der Waals surface area (Å²) in [4.78, 5) is 4.12. The number of nitrogens with two attached hydrogens (primary N) is 1. The van der Waals surface area contributed by atoms with Gasteiger partial charge in [-0.1, -0.05) is 0 Å². The minimum Gasteiger partial charge on any atom is -0.497 e. The lowest BCUT2D eigenvalue weighted by Crippen LogP contribution is -2.54. The fourth-order valence-corrected chi connectivity index (χ4v) is 2.20.